The van der Waals surface area contributed by atoms with E-state index in [4.69, 9.17) is 21.3 Å². The molecule has 1 aromatic heterocycles. The number of anilines is 1. The van der Waals surface area contributed by atoms with Crippen LogP contribution in [-0.4, -0.2) is 54.3 Å². The van der Waals surface area contributed by atoms with Gasteiger partial charge in [0.1, 0.15) is 0 Å². The molecule has 6 nitrogen and oxygen atoms in total. The van der Waals surface area contributed by atoms with Crippen LogP contribution in [0.5, 0.6) is 0 Å². The SMILES string of the molecule is O=c1cc(C2CCN(Cc3cccc(Cl)c3)CC2)nc(N2CCOCC2)[nH]1. The summed E-state index contributed by atoms with van der Waals surface area (Å²) in [6.45, 7) is 5.80. The number of likely N-dealkylation sites (tertiary alicyclic amines) is 1. The molecule has 27 heavy (non-hydrogen) atoms. The normalized spacial score (nSPS) is 19.4. The van der Waals surface area contributed by atoms with Gasteiger partial charge in [0.15, 0.2) is 0 Å². The number of rotatable bonds is 4. The number of halogens is 1. The lowest BCUT2D eigenvalue weighted by Crippen LogP contribution is -2.39. The quantitative estimate of drug-likeness (QED) is 0.872. The molecule has 0 saturated carbocycles. The Balaban J connectivity index is 1.40. The van der Waals surface area contributed by atoms with Gasteiger partial charge in [0.2, 0.25) is 5.95 Å². The van der Waals surface area contributed by atoms with Crippen molar-refractivity contribution < 1.29 is 4.74 Å². The first kappa shape index (κ1) is 18.5. The zero-order chi connectivity index (χ0) is 18.6. The van der Waals surface area contributed by atoms with Gasteiger partial charge < -0.3 is 9.64 Å². The fourth-order valence-electron chi connectivity index (χ4n) is 3.88. The van der Waals surface area contributed by atoms with E-state index in [0.29, 0.717) is 25.1 Å². The molecule has 0 radical (unpaired) electrons. The molecule has 2 aromatic rings. The average Bonchev–Trinajstić information content (AvgIpc) is 2.69. The van der Waals surface area contributed by atoms with Crippen LogP contribution in [-0.2, 0) is 11.3 Å². The number of ether oxygens (including phenoxy) is 1. The second-order valence-corrected chi connectivity index (χ2v) is 7.71. The highest BCUT2D eigenvalue weighted by Gasteiger charge is 2.23. The van der Waals surface area contributed by atoms with Crippen molar-refractivity contribution in [3.63, 3.8) is 0 Å². The molecule has 1 N–H and O–H groups in total. The van der Waals surface area contributed by atoms with Crippen molar-refractivity contribution in [2.75, 3.05) is 44.3 Å². The second kappa shape index (κ2) is 8.42. The third-order valence-corrected chi connectivity index (χ3v) is 5.60. The topological polar surface area (TPSA) is 61.5 Å². The molecule has 7 heteroatoms. The van der Waals surface area contributed by atoms with Gasteiger partial charge in [0.05, 0.1) is 18.9 Å². The predicted octanol–water partition coefficient (Wildman–Crippen LogP) is 2.64. The zero-order valence-electron chi connectivity index (χ0n) is 15.4. The van der Waals surface area contributed by atoms with Gasteiger partial charge in [-0.05, 0) is 43.6 Å². The third-order valence-electron chi connectivity index (χ3n) is 5.36. The maximum atomic E-state index is 12.2. The van der Waals surface area contributed by atoms with Gasteiger partial charge in [-0.3, -0.25) is 14.7 Å². The molecule has 0 unspecified atom stereocenters. The van der Waals surface area contributed by atoms with Crippen LogP contribution >= 0.6 is 11.6 Å². The van der Waals surface area contributed by atoms with E-state index >= 15 is 0 Å². The maximum absolute atomic E-state index is 12.2. The summed E-state index contributed by atoms with van der Waals surface area (Å²) in [5.41, 5.74) is 2.09. The van der Waals surface area contributed by atoms with Crippen molar-refractivity contribution in [2.45, 2.75) is 25.3 Å². The van der Waals surface area contributed by atoms with Crippen molar-refractivity contribution in [3.05, 3.63) is 57.0 Å². The molecule has 0 aliphatic carbocycles. The molecule has 2 aliphatic heterocycles. The molecule has 0 spiro atoms. The van der Waals surface area contributed by atoms with E-state index in [1.807, 2.05) is 18.2 Å². The van der Waals surface area contributed by atoms with E-state index in [-0.39, 0.29) is 5.56 Å². The molecular weight excluding hydrogens is 364 g/mol. The maximum Gasteiger partial charge on any atom is 0.252 e. The zero-order valence-corrected chi connectivity index (χ0v) is 16.1. The van der Waals surface area contributed by atoms with Crippen molar-refractivity contribution in [3.8, 4) is 0 Å². The van der Waals surface area contributed by atoms with E-state index in [0.717, 1.165) is 56.3 Å². The van der Waals surface area contributed by atoms with E-state index in [1.54, 1.807) is 6.07 Å². The minimum atomic E-state index is -0.0668. The average molecular weight is 389 g/mol. The Morgan fingerprint density at radius 2 is 1.93 bits per heavy atom. The molecule has 1 aromatic carbocycles. The summed E-state index contributed by atoms with van der Waals surface area (Å²) in [4.78, 5) is 24.4. The largest absolute Gasteiger partial charge is 0.378 e. The molecule has 3 heterocycles. The Bertz CT molecular complexity index is 827. The standard InChI is InChI=1S/C20H25ClN4O2/c21-17-3-1-2-15(12-17)14-24-6-4-16(5-7-24)18-13-19(26)23-20(22-18)25-8-10-27-11-9-25/h1-3,12-13,16H,4-11,14H2,(H,22,23,26). The van der Waals surface area contributed by atoms with Gasteiger partial charge >= 0.3 is 0 Å². The summed E-state index contributed by atoms with van der Waals surface area (Å²) in [5.74, 6) is 1.02. The van der Waals surface area contributed by atoms with E-state index in [2.05, 4.69) is 20.9 Å². The minimum Gasteiger partial charge on any atom is -0.378 e. The highest BCUT2D eigenvalue weighted by Crippen LogP contribution is 2.28. The Morgan fingerprint density at radius 3 is 2.67 bits per heavy atom. The smallest absolute Gasteiger partial charge is 0.252 e. The van der Waals surface area contributed by atoms with Gasteiger partial charge in [-0.15, -0.1) is 0 Å². The first-order valence-corrected chi connectivity index (χ1v) is 9.96. The van der Waals surface area contributed by atoms with Crippen LogP contribution < -0.4 is 10.5 Å². The number of morpholine rings is 1. The molecular formula is C20H25ClN4O2. The first-order valence-electron chi connectivity index (χ1n) is 9.58. The lowest BCUT2D eigenvalue weighted by atomic mass is 9.93. The predicted molar refractivity (Wildman–Crippen MR) is 107 cm³/mol. The van der Waals surface area contributed by atoms with Crippen molar-refractivity contribution >= 4 is 17.5 Å². The fourth-order valence-corrected chi connectivity index (χ4v) is 4.09. The summed E-state index contributed by atoms with van der Waals surface area (Å²) in [7, 11) is 0. The third kappa shape index (κ3) is 4.69. The van der Waals surface area contributed by atoms with Gasteiger partial charge in [0.25, 0.3) is 5.56 Å². The molecule has 144 valence electrons. The molecule has 0 bridgehead atoms. The van der Waals surface area contributed by atoms with Crippen LogP contribution in [0.1, 0.15) is 30.0 Å². The molecule has 4 rings (SSSR count). The van der Waals surface area contributed by atoms with E-state index < -0.39 is 0 Å². The van der Waals surface area contributed by atoms with Crippen LogP contribution in [0, 0.1) is 0 Å². The Labute approximate surface area is 164 Å². The first-order chi connectivity index (χ1) is 13.2. The van der Waals surface area contributed by atoms with Gasteiger partial charge in [0, 0.05) is 36.6 Å². The van der Waals surface area contributed by atoms with Gasteiger partial charge in [-0.25, -0.2) is 4.98 Å². The number of aromatic nitrogens is 2. The molecule has 0 amide bonds. The number of hydrogen-bond acceptors (Lipinski definition) is 5. The number of benzene rings is 1. The molecule has 2 saturated heterocycles. The Kier molecular flexibility index (Phi) is 5.76. The number of aromatic amines is 1. The van der Waals surface area contributed by atoms with Crippen LogP contribution in [0.4, 0.5) is 5.95 Å². The van der Waals surface area contributed by atoms with Crippen LogP contribution in [0.2, 0.25) is 5.02 Å². The van der Waals surface area contributed by atoms with Crippen LogP contribution in [0.3, 0.4) is 0 Å². The summed E-state index contributed by atoms with van der Waals surface area (Å²) in [6.07, 6.45) is 2.03. The highest BCUT2D eigenvalue weighted by atomic mass is 35.5. The lowest BCUT2D eigenvalue weighted by molar-refractivity contribution is 0.122. The summed E-state index contributed by atoms with van der Waals surface area (Å²) in [6, 6.07) is 9.71. The fraction of sp³-hybridized carbons (Fsp3) is 0.500. The van der Waals surface area contributed by atoms with Crippen molar-refractivity contribution in [1.82, 2.24) is 14.9 Å². The number of hydrogen-bond donors (Lipinski definition) is 1. The van der Waals surface area contributed by atoms with Gasteiger partial charge in [-0.1, -0.05) is 23.7 Å². The number of nitrogens with zero attached hydrogens (tertiary/aromatic N) is 3. The molecule has 2 aliphatic rings. The van der Waals surface area contributed by atoms with Crippen LogP contribution in [0.25, 0.3) is 0 Å². The number of H-pyrrole nitrogens is 1. The van der Waals surface area contributed by atoms with Crippen molar-refractivity contribution in [2.24, 2.45) is 0 Å². The summed E-state index contributed by atoms with van der Waals surface area (Å²) < 4.78 is 5.39. The summed E-state index contributed by atoms with van der Waals surface area (Å²) in [5, 5.41) is 0.783. The molecule has 2 fully saturated rings. The second-order valence-electron chi connectivity index (χ2n) is 7.27. The minimum absolute atomic E-state index is 0.0668. The lowest BCUT2D eigenvalue weighted by Gasteiger charge is -2.32. The molecule has 0 atom stereocenters. The van der Waals surface area contributed by atoms with Crippen LogP contribution in [0.15, 0.2) is 35.1 Å². The van der Waals surface area contributed by atoms with E-state index in [9.17, 15) is 4.79 Å². The Morgan fingerprint density at radius 1 is 1.15 bits per heavy atom. The monoisotopic (exact) mass is 388 g/mol. The van der Waals surface area contributed by atoms with Crippen molar-refractivity contribution in [1.29, 1.82) is 0 Å². The summed E-state index contributed by atoms with van der Waals surface area (Å²) >= 11 is 6.09. The Hall–Kier alpha value is -1.89. The highest BCUT2D eigenvalue weighted by molar-refractivity contribution is 6.30. The number of piperidine rings is 1. The van der Waals surface area contributed by atoms with E-state index in [1.165, 1.54) is 5.56 Å². The number of nitrogens with one attached hydrogen (secondary N) is 1. The van der Waals surface area contributed by atoms with Gasteiger partial charge in [-0.2, -0.15) is 0 Å².